The maximum atomic E-state index is 4.16. The second-order valence-corrected chi connectivity index (χ2v) is 15.3. The molecule has 0 bridgehead atoms. The number of hydrogen-bond donors (Lipinski definition) is 0. The van der Waals surface area contributed by atoms with Crippen molar-refractivity contribution in [2.75, 3.05) is 0 Å². The fraction of sp³-hybridized carbons (Fsp3) is 0.107. The number of hydrogen-bond acceptors (Lipinski definition) is 0. The van der Waals surface area contributed by atoms with Crippen LogP contribution in [0.5, 0.6) is 0 Å². The molecular weight excluding hydrogens is 673 g/mol. The monoisotopic (exact) mass is 720 g/mol. The van der Waals surface area contributed by atoms with Crippen molar-refractivity contribution in [3.63, 3.8) is 0 Å². The van der Waals surface area contributed by atoms with Crippen LogP contribution in [-0.2, 0) is 0 Å². The molecule has 0 saturated heterocycles. The van der Waals surface area contributed by atoms with Crippen LogP contribution in [0.25, 0.3) is 77.7 Å². The van der Waals surface area contributed by atoms with Gasteiger partial charge in [-0.3, -0.25) is 0 Å². The Morgan fingerprint density at radius 3 is 1.54 bits per heavy atom. The Kier molecular flexibility index (Phi) is 10.5. The first-order valence-corrected chi connectivity index (χ1v) is 19.8. The lowest BCUT2D eigenvalue weighted by molar-refractivity contribution is 0.833. The summed E-state index contributed by atoms with van der Waals surface area (Å²) in [6, 6.07) is 62.0. The molecule has 1 atom stereocenters. The van der Waals surface area contributed by atoms with E-state index in [9.17, 15) is 0 Å². The molecule has 0 aliphatic rings. The Morgan fingerprint density at radius 2 is 1.00 bits per heavy atom. The minimum atomic E-state index is 0.163. The van der Waals surface area contributed by atoms with Crippen molar-refractivity contribution in [3.8, 4) is 44.5 Å². The van der Waals surface area contributed by atoms with Gasteiger partial charge in [-0.1, -0.05) is 209 Å². The van der Waals surface area contributed by atoms with E-state index in [0.29, 0.717) is 5.92 Å². The van der Waals surface area contributed by atoms with Crippen LogP contribution in [-0.4, -0.2) is 0 Å². The SMILES string of the molecule is C=C/C=c1/ccc2c(-c3cccc(-c4ccccc4)c3)cc(-c3cccc(-c4ccccc4)c3)c3ccc(C(C)/C(C)=C/C(=C\C(C)C)c4ccccc4)c1c32. The minimum absolute atomic E-state index is 0.163. The maximum Gasteiger partial charge on any atom is 0.00267 e. The summed E-state index contributed by atoms with van der Waals surface area (Å²) in [5.74, 6) is 0.593. The van der Waals surface area contributed by atoms with Gasteiger partial charge in [0.1, 0.15) is 0 Å². The largest absolute Gasteiger partial charge is 0.0990 e. The van der Waals surface area contributed by atoms with Gasteiger partial charge >= 0.3 is 0 Å². The van der Waals surface area contributed by atoms with Gasteiger partial charge < -0.3 is 0 Å². The van der Waals surface area contributed by atoms with Crippen LogP contribution in [0.2, 0.25) is 0 Å². The van der Waals surface area contributed by atoms with E-state index in [4.69, 9.17) is 0 Å². The summed E-state index contributed by atoms with van der Waals surface area (Å²) in [5.41, 5.74) is 14.9. The lowest BCUT2D eigenvalue weighted by atomic mass is 9.81. The standard InChI is InChI=1S/C56H48/c1-6-18-44-29-30-51-53(47-27-16-25-45(35-47)41-19-10-7-11-20-41)37-54(48-28-17-26-46(36-48)42-21-12-8-13-22-42)52-32-31-50(55(44)56(51)52)40(5)39(4)34-49(33-38(2)3)43-23-14-9-15-24-43/h6-38,40H,1H2,2-5H3/b39-34+,44-18-,49-33+. The van der Waals surface area contributed by atoms with E-state index in [1.807, 2.05) is 6.08 Å². The Balaban J connectivity index is 1.41. The van der Waals surface area contributed by atoms with Gasteiger partial charge in [-0.15, -0.1) is 0 Å². The van der Waals surface area contributed by atoms with E-state index < -0.39 is 0 Å². The highest BCUT2D eigenvalue weighted by atomic mass is 14.2. The Hall–Kier alpha value is -6.50. The molecule has 56 heavy (non-hydrogen) atoms. The summed E-state index contributed by atoms with van der Waals surface area (Å²) in [6.45, 7) is 13.3. The predicted molar refractivity (Wildman–Crippen MR) is 245 cm³/mol. The van der Waals surface area contributed by atoms with Gasteiger partial charge in [-0.25, -0.2) is 0 Å². The molecule has 0 fully saturated rings. The topological polar surface area (TPSA) is 0 Å². The fourth-order valence-corrected chi connectivity index (χ4v) is 8.23. The predicted octanol–water partition coefficient (Wildman–Crippen LogP) is 15.1. The van der Waals surface area contributed by atoms with Crippen LogP contribution in [0.3, 0.4) is 0 Å². The number of rotatable bonds is 10. The molecule has 0 aliphatic heterocycles. The molecular formula is C56H48. The highest BCUT2D eigenvalue weighted by Gasteiger charge is 2.21. The van der Waals surface area contributed by atoms with Crippen molar-refractivity contribution in [1.82, 2.24) is 0 Å². The highest BCUT2D eigenvalue weighted by molar-refractivity contribution is 6.21. The van der Waals surface area contributed by atoms with E-state index in [0.717, 1.165) is 0 Å². The summed E-state index contributed by atoms with van der Waals surface area (Å²) < 4.78 is 0. The second kappa shape index (κ2) is 16.1. The van der Waals surface area contributed by atoms with E-state index in [1.165, 1.54) is 93.5 Å². The van der Waals surface area contributed by atoms with Crippen molar-refractivity contribution >= 4 is 33.2 Å². The van der Waals surface area contributed by atoms with Gasteiger partial charge in [0.2, 0.25) is 0 Å². The van der Waals surface area contributed by atoms with Crippen LogP contribution in [0.15, 0.2) is 200 Å². The average molecular weight is 721 g/mol. The minimum Gasteiger partial charge on any atom is -0.0990 e. The van der Waals surface area contributed by atoms with Gasteiger partial charge in [0.15, 0.2) is 0 Å². The maximum absolute atomic E-state index is 4.16. The van der Waals surface area contributed by atoms with Crippen molar-refractivity contribution in [1.29, 1.82) is 0 Å². The van der Waals surface area contributed by atoms with E-state index in [2.05, 4.69) is 222 Å². The molecule has 8 aromatic carbocycles. The third-order valence-corrected chi connectivity index (χ3v) is 11.1. The van der Waals surface area contributed by atoms with Gasteiger partial charge in [0, 0.05) is 5.92 Å². The molecule has 272 valence electrons. The Morgan fingerprint density at radius 1 is 0.500 bits per heavy atom. The van der Waals surface area contributed by atoms with E-state index in [-0.39, 0.29) is 5.92 Å². The van der Waals surface area contributed by atoms with Crippen molar-refractivity contribution < 1.29 is 0 Å². The molecule has 0 aromatic heterocycles. The molecule has 0 amide bonds. The molecule has 8 rings (SSSR count). The van der Waals surface area contributed by atoms with E-state index >= 15 is 0 Å². The molecule has 0 saturated carbocycles. The summed E-state index contributed by atoms with van der Waals surface area (Å²) >= 11 is 0. The number of allylic oxidation sites excluding steroid dienone is 5. The average Bonchev–Trinajstić information content (AvgIpc) is 3.25. The van der Waals surface area contributed by atoms with Crippen molar-refractivity contribution in [3.05, 3.63) is 217 Å². The first kappa shape index (κ1) is 36.5. The summed E-state index contributed by atoms with van der Waals surface area (Å²) in [7, 11) is 0. The zero-order chi connectivity index (χ0) is 38.6. The summed E-state index contributed by atoms with van der Waals surface area (Å²) in [5, 5.41) is 6.28. The molecule has 0 heterocycles. The lowest BCUT2D eigenvalue weighted by Gasteiger charge is -2.22. The highest BCUT2D eigenvalue weighted by Crippen LogP contribution is 2.44. The molecule has 0 radical (unpaired) electrons. The summed E-state index contributed by atoms with van der Waals surface area (Å²) in [4.78, 5) is 0. The van der Waals surface area contributed by atoms with Gasteiger partial charge in [-0.05, 0) is 119 Å². The smallest absolute Gasteiger partial charge is 0.00267 e. The van der Waals surface area contributed by atoms with Gasteiger partial charge in [0.25, 0.3) is 0 Å². The number of benzene rings is 8. The molecule has 0 aliphatic carbocycles. The zero-order valence-electron chi connectivity index (χ0n) is 32.8. The summed E-state index contributed by atoms with van der Waals surface area (Å²) in [6.07, 6.45) is 8.89. The third kappa shape index (κ3) is 7.31. The molecule has 0 N–H and O–H groups in total. The first-order chi connectivity index (χ1) is 27.4. The van der Waals surface area contributed by atoms with Crippen LogP contribution in [0, 0.1) is 5.92 Å². The van der Waals surface area contributed by atoms with Crippen LogP contribution < -0.4 is 5.22 Å². The van der Waals surface area contributed by atoms with Crippen molar-refractivity contribution in [2.24, 2.45) is 5.92 Å². The molecule has 0 nitrogen and oxygen atoms in total. The lowest BCUT2D eigenvalue weighted by Crippen LogP contribution is -2.09. The molecule has 1 unspecified atom stereocenters. The third-order valence-electron chi connectivity index (χ3n) is 11.1. The molecule has 0 heteroatoms. The normalized spacial score (nSPS) is 13.1. The zero-order valence-corrected chi connectivity index (χ0v) is 32.8. The first-order valence-electron chi connectivity index (χ1n) is 19.8. The quantitative estimate of drug-likeness (QED) is 0.123. The Bertz CT molecular complexity index is 2680. The molecule has 8 aromatic rings. The van der Waals surface area contributed by atoms with Gasteiger partial charge in [-0.2, -0.15) is 0 Å². The molecule has 0 spiro atoms. The Labute approximate surface area is 332 Å². The van der Waals surface area contributed by atoms with Crippen LogP contribution >= 0.6 is 0 Å². The second-order valence-electron chi connectivity index (χ2n) is 15.3. The van der Waals surface area contributed by atoms with Crippen LogP contribution in [0.4, 0.5) is 0 Å². The fourth-order valence-electron chi connectivity index (χ4n) is 8.23. The van der Waals surface area contributed by atoms with E-state index in [1.54, 1.807) is 0 Å². The van der Waals surface area contributed by atoms with Crippen molar-refractivity contribution in [2.45, 2.75) is 33.6 Å². The van der Waals surface area contributed by atoms with Gasteiger partial charge in [0.05, 0.1) is 0 Å². The van der Waals surface area contributed by atoms with Crippen LogP contribution in [0.1, 0.15) is 44.7 Å².